The maximum absolute atomic E-state index is 11.8. The summed E-state index contributed by atoms with van der Waals surface area (Å²) in [5.74, 6) is -0.699. The third kappa shape index (κ3) is 4.35. The molecule has 18 heavy (non-hydrogen) atoms. The summed E-state index contributed by atoms with van der Waals surface area (Å²) in [6, 6.07) is 5.46. The lowest BCUT2D eigenvalue weighted by Crippen LogP contribution is -2.47. The smallest absolute Gasteiger partial charge is 0.246 e. The zero-order chi connectivity index (χ0) is 13.7. The Hall–Kier alpha value is -1.59. The summed E-state index contributed by atoms with van der Waals surface area (Å²) in [5, 5.41) is 5.68. The van der Waals surface area contributed by atoms with Crippen molar-refractivity contribution in [1.29, 1.82) is 0 Å². The molecule has 0 heterocycles. The van der Waals surface area contributed by atoms with Crippen LogP contribution in [-0.2, 0) is 9.59 Å². The van der Waals surface area contributed by atoms with E-state index in [2.05, 4.69) is 10.6 Å². The molecule has 0 aromatic heterocycles. The van der Waals surface area contributed by atoms with E-state index in [1.807, 2.05) is 0 Å². The van der Waals surface area contributed by atoms with E-state index in [4.69, 9.17) is 17.3 Å². The molecule has 0 unspecified atom stereocenters. The molecule has 98 valence electrons. The lowest BCUT2D eigenvalue weighted by molar-refractivity contribution is -0.126. The Kier molecular flexibility index (Phi) is 5.12. The predicted molar refractivity (Wildman–Crippen MR) is 71.3 cm³/mol. The molecule has 0 aliphatic carbocycles. The van der Waals surface area contributed by atoms with E-state index in [9.17, 15) is 9.59 Å². The van der Waals surface area contributed by atoms with Crippen LogP contribution < -0.4 is 16.4 Å². The Bertz CT molecular complexity index is 449. The van der Waals surface area contributed by atoms with Crippen LogP contribution in [0.2, 0.25) is 5.02 Å². The molecule has 1 aromatic carbocycles. The first kappa shape index (κ1) is 14.5. The molecular formula is C12H16ClN3O2. The van der Waals surface area contributed by atoms with Gasteiger partial charge >= 0.3 is 0 Å². The molecule has 0 saturated heterocycles. The lowest BCUT2D eigenvalue weighted by Gasteiger charge is -2.15. The van der Waals surface area contributed by atoms with Crippen LogP contribution in [0.1, 0.15) is 13.8 Å². The first-order valence-corrected chi connectivity index (χ1v) is 5.90. The van der Waals surface area contributed by atoms with Gasteiger partial charge < -0.3 is 16.4 Å². The van der Waals surface area contributed by atoms with Crippen LogP contribution in [-0.4, -0.2) is 23.9 Å². The number of halogens is 1. The minimum absolute atomic E-state index is 0.328. The number of carbonyl (C=O) groups excluding carboxylic acids is 2. The van der Waals surface area contributed by atoms with Crippen LogP contribution in [0.3, 0.4) is 0 Å². The van der Waals surface area contributed by atoms with E-state index in [-0.39, 0.29) is 11.8 Å². The fourth-order valence-electron chi connectivity index (χ4n) is 1.23. The van der Waals surface area contributed by atoms with Crippen molar-refractivity contribution in [2.45, 2.75) is 25.9 Å². The average molecular weight is 270 g/mol. The van der Waals surface area contributed by atoms with Crippen LogP contribution in [0.5, 0.6) is 0 Å². The molecule has 6 heteroatoms. The van der Waals surface area contributed by atoms with Crippen molar-refractivity contribution in [3.63, 3.8) is 0 Å². The monoisotopic (exact) mass is 269 g/mol. The molecule has 0 radical (unpaired) electrons. The number of anilines is 1. The van der Waals surface area contributed by atoms with Crippen LogP contribution in [0.4, 0.5) is 5.69 Å². The number of hydrogen-bond acceptors (Lipinski definition) is 3. The summed E-state index contributed by atoms with van der Waals surface area (Å²) in [7, 11) is 0. The van der Waals surface area contributed by atoms with Crippen LogP contribution in [0, 0.1) is 0 Å². The predicted octanol–water partition coefficient (Wildman–Crippen LogP) is 1.13. The molecule has 2 amide bonds. The quantitative estimate of drug-likeness (QED) is 0.766. The van der Waals surface area contributed by atoms with Crippen molar-refractivity contribution in [3.8, 4) is 0 Å². The van der Waals surface area contributed by atoms with Crippen molar-refractivity contribution in [2.75, 3.05) is 5.32 Å². The Morgan fingerprint density at radius 1 is 1.28 bits per heavy atom. The summed E-state index contributed by atoms with van der Waals surface area (Å²) >= 11 is 5.80. The molecule has 0 aliphatic rings. The molecule has 0 fully saturated rings. The Morgan fingerprint density at radius 2 is 1.94 bits per heavy atom. The highest BCUT2D eigenvalue weighted by Gasteiger charge is 2.17. The van der Waals surface area contributed by atoms with Gasteiger partial charge in [0, 0.05) is 10.7 Å². The highest BCUT2D eigenvalue weighted by Crippen LogP contribution is 2.14. The number of hydrogen-bond donors (Lipinski definition) is 3. The second kappa shape index (κ2) is 6.37. The van der Waals surface area contributed by atoms with Crippen LogP contribution >= 0.6 is 11.6 Å². The fourth-order valence-corrected chi connectivity index (χ4v) is 1.42. The van der Waals surface area contributed by atoms with Gasteiger partial charge in [-0.15, -0.1) is 0 Å². The topological polar surface area (TPSA) is 84.2 Å². The number of benzene rings is 1. The highest BCUT2D eigenvalue weighted by molar-refractivity contribution is 6.30. The van der Waals surface area contributed by atoms with Gasteiger partial charge in [0.1, 0.15) is 6.04 Å². The first-order valence-electron chi connectivity index (χ1n) is 5.52. The molecule has 2 atom stereocenters. The minimum Gasteiger partial charge on any atom is -0.343 e. The molecule has 0 saturated carbocycles. The minimum atomic E-state index is -0.664. The number of nitrogens with one attached hydrogen (secondary N) is 2. The SMILES string of the molecule is C[C@H](N)C(=O)N[C@@H](C)C(=O)Nc1cccc(Cl)c1. The van der Waals surface area contributed by atoms with E-state index in [0.29, 0.717) is 10.7 Å². The van der Waals surface area contributed by atoms with E-state index in [1.165, 1.54) is 0 Å². The van der Waals surface area contributed by atoms with Gasteiger partial charge in [-0.3, -0.25) is 9.59 Å². The zero-order valence-corrected chi connectivity index (χ0v) is 11.0. The Balaban J connectivity index is 2.57. The van der Waals surface area contributed by atoms with Gasteiger partial charge in [0.05, 0.1) is 6.04 Å². The molecule has 0 bridgehead atoms. The third-order valence-electron chi connectivity index (χ3n) is 2.26. The molecule has 1 aromatic rings. The summed E-state index contributed by atoms with van der Waals surface area (Å²) < 4.78 is 0. The molecule has 1 rings (SSSR count). The molecule has 4 N–H and O–H groups in total. The van der Waals surface area contributed by atoms with Crippen molar-refractivity contribution in [3.05, 3.63) is 29.3 Å². The standard InChI is InChI=1S/C12H16ClN3O2/c1-7(14)11(17)15-8(2)12(18)16-10-5-3-4-9(13)6-10/h3-8H,14H2,1-2H3,(H,15,17)(H,16,18)/t7-,8-/m0/s1. The molecule has 0 spiro atoms. The van der Waals surface area contributed by atoms with Gasteiger partial charge in [0.25, 0.3) is 0 Å². The number of rotatable bonds is 4. The highest BCUT2D eigenvalue weighted by atomic mass is 35.5. The Labute approximate surface area is 111 Å². The number of carbonyl (C=O) groups is 2. The number of amides is 2. The molecule has 0 aliphatic heterocycles. The fraction of sp³-hybridized carbons (Fsp3) is 0.333. The summed E-state index contributed by atoms with van der Waals surface area (Å²) in [6.45, 7) is 3.14. The largest absolute Gasteiger partial charge is 0.343 e. The lowest BCUT2D eigenvalue weighted by atomic mass is 10.2. The van der Waals surface area contributed by atoms with Crippen molar-refractivity contribution < 1.29 is 9.59 Å². The second-order valence-electron chi connectivity index (χ2n) is 4.02. The maximum Gasteiger partial charge on any atom is 0.246 e. The summed E-state index contributed by atoms with van der Waals surface area (Å²) in [6.07, 6.45) is 0. The molecule has 5 nitrogen and oxygen atoms in total. The van der Waals surface area contributed by atoms with Crippen molar-refractivity contribution in [1.82, 2.24) is 5.32 Å². The van der Waals surface area contributed by atoms with Crippen LogP contribution in [0.15, 0.2) is 24.3 Å². The van der Waals surface area contributed by atoms with E-state index >= 15 is 0 Å². The van der Waals surface area contributed by atoms with Crippen molar-refractivity contribution >= 4 is 29.1 Å². The van der Waals surface area contributed by atoms with E-state index < -0.39 is 12.1 Å². The Morgan fingerprint density at radius 3 is 2.50 bits per heavy atom. The van der Waals surface area contributed by atoms with E-state index in [1.54, 1.807) is 38.1 Å². The third-order valence-corrected chi connectivity index (χ3v) is 2.49. The van der Waals surface area contributed by atoms with E-state index in [0.717, 1.165) is 0 Å². The summed E-state index contributed by atoms with van der Waals surface area (Å²) in [5.41, 5.74) is 5.97. The maximum atomic E-state index is 11.8. The van der Waals surface area contributed by atoms with Gasteiger partial charge in [-0.05, 0) is 32.0 Å². The second-order valence-corrected chi connectivity index (χ2v) is 4.45. The normalized spacial score (nSPS) is 13.6. The van der Waals surface area contributed by atoms with Gasteiger partial charge in [-0.2, -0.15) is 0 Å². The van der Waals surface area contributed by atoms with Crippen LogP contribution in [0.25, 0.3) is 0 Å². The van der Waals surface area contributed by atoms with Gasteiger partial charge in [0.15, 0.2) is 0 Å². The van der Waals surface area contributed by atoms with Crippen molar-refractivity contribution in [2.24, 2.45) is 5.73 Å². The first-order chi connectivity index (χ1) is 8.40. The molecular weight excluding hydrogens is 254 g/mol. The summed E-state index contributed by atoms with van der Waals surface area (Å²) in [4.78, 5) is 23.1. The zero-order valence-electron chi connectivity index (χ0n) is 10.2. The van der Waals surface area contributed by atoms with Gasteiger partial charge in [-0.1, -0.05) is 17.7 Å². The van der Waals surface area contributed by atoms with Gasteiger partial charge in [0.2, 0.25) is 11.8 Å². The van der Waals surface area contributed by atoms with Gasteiger partial charge in [-0.25, -0.2) is 0 Å². The number of nitrogens with two attached hydrogens (primary N) is 1. The average Bonchev–Trinajstić information content (AvgIpc) is 2.28.